The van der Waals surface area contributed by atoms with Gasteiger partial charge in [0.05, 0.1) is 11.1 Å². The van der Waals surface area contributed by atoms with Gasteiger partial charge in [0.2, 0.25) is 0 Å². The number of aromatic nitrogens is 1. The first-order valence-corrected chi connectivity index (χ1v) is 8.24. The summed E-state index contributed by atoms with van der Waals surface area (Å²) < 4.78 is 0. The number of amides is 1. The van der Waals surface area contributed by atoms with Crippen LogP contribution in [0.15, 0.2) is 42.5 Å². The molecule has 1 fully saturated rings. The molecule has 2 atom stereocenters. The first-order valence-electron chi connectivity index (χ1n) is 8.24. The highest BCUT2D eigenvalue weighted by molar-refractivity contribution is 6.06. The molecule has 1 aromatic carbocycles. The van der Waals surface area contributed by atoms with Gasteiger partial charge in [-0.15, -0.1) is 0 Å². The minimum Gasteiger partial charge on any atom is -0.396 e. The molecule has 1 saturated carbocycles. The number of hydrogen-bond acceptors (Lipinski definition) is 3. The number of benzene rings is 1. The molecule has 2 aliphatic carbocycles. The van der Waals surface area contributed by atoms with Gasteiger partial charge in [-0.1, -0.05) is 30.4 Å². The second-order valence-corrected chi connectivity index (χ2v) is 6.53. The van der Waals surface area contributed by atoms with Crippen LogP contribution < -0.4 is 5.32 Å². The summed E-state index contributed by atoms with van der Waals surface area (Å²) in [4.78, 5) is 17.5. The van der Waals surface area contributed by atoms with E-state index in [1.54, 1.807) is 0 Å². The summed E-state index contributed by atoms with van der Waals surface area (Å²) in [5, 5.41) is 13.2. The Balaban J connectivity index is 1.64. The highest BCUT2D eigenvalue weighted by Crippen LogP contribution is 2.40. The minimum absolute atomic E-state index is 0.00375. The van der Waals surface area contributed by atoms with Crippen LogP contribution in [0, 0.1) is 5.92 Å². The van der Waals surface area contributed by atoms with Crippen LogP contribution in [0.5, 0.6) is 0 Å². The fourth-order valence-corrected chi connectivity index (χ4v) is 3.24. The lowest BCUT2D eigenvalue weighted by Crippen LogP contribution is -2.33. The molecule has 2 N–H and O–H groups in total. The number of fused-ring (bicyclic) bond motifs is 1. The number of aliphatic hydroxyl groups excluding tert-OH is 1. The van der Waals surface area contributed by atoms with Gasteiger partial charge in [0, 0.05) is 35.6 Å². The molecule has 0 saturated heterocycles. The van der Waals surface area contributed by atoms with Crippen molar-refractivity contribution in [3.63, 3.8) is 0 Å². The molecule has 0 unspecified atom stereocenters. The van der Waals surface area contributed by atoms with Gasteiger partial charge in [-0.2, -0.15) is 0 Å². The van der Waals surface area contributed by atoms with Crippen molar-refractivity contribution in [2.45, 2.75) is 31.2 Å². The van der Waals surface area contributed by atoms with E-state index in [-0.39, 0.29) is 24.5 Å². The molecule has 4 nitrogen and oxygen atoms in total. The van der Waals surface area contributed by atoms with Crippen LogP contribution in [0.2, 0.25) is 0 Å². The molecule has 4 heteroatoms. The normalized spacial score (nSPS) is 23.3. The van der Waals surface area contributed by atoms with Crippen LogP contribution in [0.25, 0.3) is 10.9 Å². The third-order valence-electron chi connectivity index (χ3n) is 4.70. The number of nitrogens with zero attached hydrogens (tertiary/aromatic N) is 1. The number of hydrogen-bond donors (Lipinski definition) is 2. The number of pyridine rings is 1. The van der Waals surface area contributed by atoms with Crippen molar-refractivity contribution in [2.24, 2.45) is 5.92 Å². The third-order valence-corrected chi connectivity index (χ3v) is 4.70. The fourth-order valence-electron chi connectivity index (χ4n) is 3.24. The highest BCUT2D eigenvalue weighted by Gasteiger charge is 2.27. The van der Waals surface area contributed by atoms with Crippen molar-refractivity contribution in [2.75, 3.05) is 6.61 Å². The Bertz CT molecular complexity index is 780. The Hall–Kier alpha value is -2.20. The first-order chi connectivity index (χ1) is 11.2. The summed E-state index contributed by atoms with van der Waals surface area (Å²) in [5.74, 6) is 0.603. The summed E-state index contributed by atoms with van der Waals surface area (Å²) >= 11 is 0. The van der Waals surface area contributed by atoms with Crippen LogP contribution in [-0.4, -0.2) is 28.6 Å². The standard InChI is InChI=1S/C19H20N2O2/c22-11-12-5-8-14(9-12)20-19(23)16-10-18(13-6-7-13)21-17-4-2-1-3-15(16)17/h1-5,8,10,12-14,22H,6-7,9,11H2,(H,20,23)/t12-,14+/m0/s1. The lowest BCUT2D eigenvalue weighted by atomic mass is 10.0. The van der Waals surface area contributed by atoms with E-state index in [0.717, 1.165) is 35.9 Å². The number of carbonyl (C=O) groups is 1. The lowest BCUT2D eigenvalue weighted by molar-refractivity contribution is 0.0942. The summed E-state index contributed by atoms with van der Waals surface area (Å²) in [6.07, 6.45) is 7.04. The number of rotatable bonds is 4. The van der Waals surface area contributed by atoms with Crippen LogP contribution in [0.1, 0.15) is 41.2 Å². The first kappa shape index (κ1) is 14.4. The van der Waals surface area contributed by atoms with Gasteiger partial charge in [-0.05, 0) is 31.4 Å². The molecule has 23 heavy (non-hydrogen) atoms. The molecule has 118 valence electrons. The smallest absolute Gasteiger partial charge is 0.252 e. The van der Waals surface area contributed by atoms with Crippen LogP contribution in [0.4, 0.5) is 0 Å². The molecule has 0 bridgehead atoms. The van der Waals surface area contributed by atoms with Gasteiger partial charge in [0.25, 0.3) is 5.91 Å². The summed E-state index contributed by atoms with van der Waals surface area (Å²) in [6, 6.07) is 9.77. The number of carbonyl (C=O) groups excluding carboxylic acids is 1. The van der Waals surface area contributed by atoms with Crippen molar-refractivity contribution >= 4 is 16.8 Å². The maximum atomic E-state index is 12.8. The van der Waals surface area contributed by atoms with Gasteiger partial charge >= 0.3 is 0 Å². The van der Waals surface area contributed by atoms with Crippen molar-refractivity contribution in [1.29, 1.82) is 0 Å². The molecule has 0 radical (unpaired) electrons. The van der Waals surface area contributed by atoms with E-state index >= 15 is 0 Å². The van der Waals surface area contributed by atoms with E-state index in [2.05, 4.69) is 5.32 Å². The van der Waals surface area contributed by atoms with E-state index in [1.165, 1.54) is 0 Å². The minimum atomic E-state index is -0.0567. The molecule has 0 spiro atoms. The molecule has 1 aromatic heterocycles. The van der Waals surface area contributed by atoms with Gasteiger partial charge in [-0.3, -0.25) is 9.78 Å². The van der Waals surface area contributed by atoms with Gasteiger partial charge < -0.3 is 10.4 Å². The average molecular weight is 308 g/mol. The Labute approximate surface area is 135 Å². The molecule has 1 heterocycles. The second kappa shape index (κ2) is 5.78. The van der Waals surface area contributed by atoms with E-state index in [9.17, 15) is 9.90 Å². The quantitative estimate of drug-likeness (QED) is 0.854. The zero-order valence-electron chi connectivity index (χ0n) is 12.9. The topological polar surface area (TPSA) is 62.2 Å². The zero-order valence-corrected chi connectivity index (χ0v) is 12.9. The number of para-hydroxylation sites is 1. The Morgan fingerprint density at radius 2 is 2.09 bits per heavy atom. The van der Waals surface area contributed by atoms with Crippen molar-refractivity contribution < 1.29 is 9.90 Å². The molecule has 2 aromatic rings. The highest BCUT2D eigenvalue weighted by atomic mass is 16.3. The van der Waals surface area contributed by atoms with Gasteiger partial charge in [-0.25, -0.2) is 0 Å². The SMILES string of the molecule is O=C(N[C@@H]1C=C[C@H](CO)C1)c1cc(C2CC2)nc2ccccc12. The molecular weight excluding hydrogens is 288 g/mol. The maximum Gasteiger partial charge on any atom is 0.252 e. The second-order valence-electron chi connectivity index (χ2n) is 6.53. The molecule has 1 amide bonds. The predicted octanol–water partition coefficient (Wildman–Crippen LogP) is 2.78. The lowest BCUT2D eigenvalue weighted by Gasteiger charge is -2.14. The van der Waals surface area contributed by atoms with E-state index in [0.29, 0.717) is 11.5 Å². The monoisotopic (exact) mass is 308 g/mol. The number of nitrogens with one attached hydrogen (secondary N) is 1. The van der Waals surface area contributed by atoms with Crippen molar-refractivity contribution in [3.05, 3.63) is 53.7 Å². The molecular formula is C19H20N2O2. The van der Waals surface area contributed by atoms with Gasteiger partial charge in [0.15, 0.2) is 0 Å². The van der Waals surface area contributed by atoms with Crippen LogP contribution in [0.3, 0.4) is 0 Å². The van der Waals surface area contributed by atoms with Gasteiger partial charge in [0.1, 0.15) is 0 Å². The van der Waals surface area contributed by atoms with E-state index in [1.807, 2.05) is 42.5 Å². The van der Waals surface area contributed by atoms with Crippen LogP contribution in [-0.2, 0) is 0 Å². The van der Waals surface area contributed by atoms with Crippen molar-refractivity contribution in [3.8, 4) is 0 Å². The third kappa shape index (κ3) is 2.86. The van der Waals surface area contributed by atoms with E-state index in [4.69, 9.17) is 4.98 Å². The summed E-state index contributed by atoms with van der Waals surface area (Å²) in [6.45, 7) is 0.132. The zero-order chi connectivity index (χ0) is 15.8. The maximum absolute atomic E-state index is 12.8. The van der Waals surface area contributed by atoms with Crippen molar-refractivity contribution in [1.82, 2.24) is 10.3 Å². The molecule has 0 aliphatic heterocycles. The Morgan fingerprint density at radius 1 is 1.26 bits per heavy atom. The molecule has 4 rings (SSSR count). The Kier molecular flexibility index (Phi) is 3.62. The number of aliphatic hydroxyl groups is 1. The predicted molar refractivity (Wildman–Crippen MR) is 89.3 cm³/mol. The molecule has 2 aliphatic rings. The van der Waals surface area contributed by atoms with Crippen LogP contribution >= 0.6 is 0 Å². The Morgan fingerprint density at radius 3 is 2.83 bits per heavy atom. The fraction of sp³-hybridized carbons (Fsp3) is 0.368. The largest absolute Gasteiger partial charge is 0.396 e. The summed E-state index contributed by atoms with van der Waals surface area (Å²) in [5.41, 5.74) is 2.62. The average Bonchev–Trinajstić information content (AvgIpc) is 3.34. The van der Waals surface area contributed by atoms with E-state index < -0.39 is 0 Å². The summed E-state index contributed by atoms with van der Waals surface area (Å²) in [7, 11) is 0.